The number of amides is 3. The molecule has 3 amide bonds. The van der Waals surface area contributed by atoms with E-state index in [1.165, 1.54) is 17.0 Å². The number of aromatic nitrogens is 1. The Kier molecular flexibility index (Phi) is 8.14. The summed E-state index contributed by atoms with van der Waals surface area (Å²) < 4.78 is 51.7. The number of fused-ring (bicyclic) bond motifs is 9. The average molecular weight is 787 g/mol. The zero-order valence-corrected chi connectivity index (χ0v) is 29.3. The summed E-state index contributed by atoms with van der Waals surface area (Å²) in [4.78, 5) is 58.6. The van der Waals surface area contributed by atoms with E-state index in [-0.39, 0.29) is 45.4 Å². The molecule has 2 N–H and O–H groups in total. The first kappa shape index (κ1) is 33.1. The maximum absolute atomic E-state index is 14.1. The number of hydrogen-bond donors (Lipinski definition) is 2. The number of thioether (sulfide) groups is 1. The minimum atomic E-state index is -4.56. The maximum atomic E-state index is 14.1. The number of carbonyl (C=O) groups is 3. The van der Waals surface area contributed by atoms with Gasteiger partial charge in [0.05, 0.1) is 35.2 Å². The molecule has 50 heavy (non-hydrogen) atoms. The van der Waals surface area contributed by atoms with Crippen LogP contribution in [0.2, 0.25) is 0 Å². The normalized spacial score (nSPS) is 26.4. The number of alkyl halides is 3. The molecule has 1 saturated heterocycles. The van der Waals surface area contributed by atoms with Gasteiger partial charge in [-0.25, -0.2) is 0 Å². The number of nitrogens with one attached hydrogen (secondary N) is 2. The SMILES string of the molecule is COc1ccc(N2C(=O)C3C(C2=O)[C@@H]2C[C@H]3C3Sc4[nH]c(=O)sc4[C@H](c4cc(Br)ccc4OCC(=O)Nc4cccc(C(F)(F)F)c4)C32)cc1. The third-order valence-electron chi connectivity index (χ3n) is 10.2. The number of hydrogen-bond acceptors (Lipinski definition) is 8. The van der Waals surface area contributed by atoms with Crippen LogP contribution in [0.25, 0.3) is 0 Å². The van der Waals surface area contributed by atoms with Gasteiger partial charge < -0.3 is 19.8 Å². The Bertz CT molecular complexity index is 2100. The molecule has 3 heterocycles. The molecule has 2 aliphatic carbocycles. The van der Waals surface area contributed by atoms with E-state index in [0.29, 0.717) is 34.2 Å². The molecule has 2 aliphatic heterocycles. The van der Waals surface area contributed by atoms with E-state index in [2.05, 4.69) is 26.2 Å². The molecule has 3 fully saturated rings. The first-order chi connectivity index (χ1) is 23.9. The molecule has 0 spiro atoms. The van der Waals surface area contributed by atoms with E-state index >= 15 is 0 Å². The molecule has 4 unspecified atom stereocenters. The molecule has 2 saturated carbocycles. The summed E-state index contributed by atoms with van der Waals surface area (Å²) in [5.74, 6) is -1.91. The highest BCUT2D eigenvalue weighted by molar-refractivity contribution is 9.10. The maximum Gasteiger partial charge on any atom is 0.416 e. The van der Waals surface area contributed by atoms with Crippen molar-refractivity contribution in [2.75, 3.05) is 23.9 Å². The van der Waals surface area contributed by atoms with E-state index in [0.717, 1.165) is 32.8 Å². The lowest BCUT2D eigenvalue weighted by molar-refractivity contribution is -0.137. The molecule has 3 aromatic carbocycles. The summed E-state index contributed by atoms with van der Waals surface area (Å²) in [5, 5.41) is 3.11. The zero-order valence-electron chi connectivity index (χ0n) is 26.0. The van der Waals surface area contributed by atoms with E-state index in [9.17, 15) is 32.3 Å². The van der Waals surface area contributed by atoms with Gasteiger partial charge in [0.2, 0.25) is 11.8 Å². The Morgan fingerprint density at radius 1 is 1.02 bits per heavy atom. The number of anilines is 2. The van der Waals surface area contributed by atoms with Crippen LogP contribution in [0.4, 0.5) is 24.5 Å². The molecular formula is C35H27BrF3N3O6S2. The van der Waals surface area contributed by atoms with Crippen LogP contribution < -0.4 is 24.6 Å². The van der Waals surface area contributed by atoms with E-state index in [4.69, 9.17) is 9.47 Å². The fraction of sp³-hybridized carbons (Fsp3) is 0.314. The van der Waals surface area contributed by atoms with Crippen molar-refractivity contribution >= 4 is 68.1 Å². The number of methoxy groups -OCH3 is 1. The standard InChI is InChI=1S/C35H27BrF3N3O6S2/c1-47-19-8-6-18(7-9-19)42-32(44)27-21-13-22(28(27)33(42)45)29-26(21)25(30-31(49-29)41-34(46)50-30)20-12-16(36)5-10-23(20)48-14-24(43)40-17-4-2-3-15(11-17)35(37,38)39/h2-12,21-22,25-29H,13-14H2,1H3,(H,40,43)(H,41,46)/t21-,22-,25-,26?,27?,28?,29?/m1/s1. The molecule has 8 rings (SSSR count). The number of halogens is 4. The van der Waals surface area contributed by atoms with Gasteiger partial charge in [-0.15, -0.1) is 11.8 Å². The first-order valence-corrected chi connectivity index (χ1v) is 18.2. The highest BCUT2D eigenvalue weighted by Crippen LogP contribution is 2.69. The molecule has 15 heteroatoms. The molecule has 9 nitrogen and oxygen atoms in total. The predicted molar refractivity (Wildman–Crippen MR) is 184 cm³/mol. The molecule has 4 aliphatic rings. The second-order valence-electron chi connectivity index (χ2n) is 12.8. The van der Waals surface area contributed by atoms with E-state index < -0.39 is 42.0 Å². The van der Waals surface area contributed by atoms with Gasteiger partial charge in [0.15, 0.2) is 6.61 Å². The van der Waals surface area contributed by atoms with Crippen molar-refractivity contribution in [2.24, 2.45) is 29.6 Å². The summed E-state index contributed by atoms with van der Waals surface area (Å²) in [7, 11) is 1.54. The van der Waals surface area contributed by atoms with Gasteiger partial charge in [0, 0.05) is 31.8 Å². The van der Waals surface area contributed by atoms with Gasteiger partial charge in [-0.05, 0) is 84.8 Å². The second kappa shape index (κ2) is 12.3. The number of H-pyrrole nitrogens is 1. The van der Waals surface area contributed by atoms with Crippen LogP contribution in [0.3, 0.4) is 0 Å². The first-order valence-electron chi connectivity index (χ1n) is 15.7. The number of nitrogens with zero attached hydrogens (tertiary/aromatic N) is 1. The van der Waals surface area contributed by atoms with Crippen LogP contribution in [0.5, 0.6) is 11.5 Å². The Balaban J connectivity index is 1.11. The highest BCUT2D eigenvalue weighted by Gasteiger charge is 2.70. The molecular weight excluding hydrogens is 759 g/mol. The molecule has 2 bridgehead atoms. The monoisotopic (exact) mass is 785 g/mol. The van der Waals surface area contributed by atoms with Crippen molar-refractivity contribution in [3.8, 4) is 11.5 Å². The van der Waals surface area contributed by atoms with Crippen molar-refractivity contribution in [2.45, 2.75) is 28.8 Å². The number of benzene rings is 3. The van der Waals surface area contributed by atoms with Crippen LogP contribution in [-0.2, 0) is 20.6 Å². The van der Waals surface area contributed by atoms with Gasteiger partial charge in [-0.3, -0.25) is 24.1 Å². The minimum absolute atomic E-state index is 0.0191. The lowest BCUT2D eigenvalue weighted by Gasteiger charge is -2.43. The summed E-state index contributed by atoms with van der Waals surface area (Å²) in [5.41, 5.74) is 0.289. The third kappa shape index (κ3) is 5.44. The number of aromatic amines is 1. The third-order valence-corrected chi connectivity index (χ3v) is 13.3. The summed E-state index contributed by atoms with van der Waals surface area (Å²) >= 11 is 6.21. The Morgan fingerprint density at radius 2 is 1.76 bits per heavy atom. The number of carbonyl (C=O) groups excluding carboxylic acids is 3. The summed E-state index contributed by atoms with van der Waals surface area (Å²) in [6.45, 7) is -0.489. The lowest BCUT2D eigenvalue weighted by atomic mass is 9.68. The Labute approximate surface area is 299 Å². The molecule has 7 atom stereocenters. The van der Waals surface area contributed by atoms with Gasteiger partial charge in [0.25, 0.3) is 5.91 Å². The molecule has 1 aromatic heterocycles. The fourth-order valence-electron chi connectivity index (χ4n) is 8.36. The van der Waals surface area contributed by atoms with Gasteiger partial charge >= 0.3 is 11.0 Å². The Morgan fingerprint density at radius 3 is 2.48 bits per heavy atom. The van der Waals surface area contributed by atoms with Crippen LogP contribution in [0, 0.1) is 29.6 Å². The predicted octanol–water partition coefficient (Wildman–Crippen LogP) is 6.92. The van der Waals surface area contributed by atoms with Crippen molar-refractivity contribution in [1.29, 1.82) is 0 Å². The number of ether oxygens (including phenoxy) is 2. The van der Waals surface area contributed by atoms with Crippen LogP contribution in [0.15, 0.2) is 81.0 Å². The smallest absolute Gasteiger partial charge is 0.416 e. The topological polar surface area (TPSA) is 118 Å². The van der Waals surface area contributed by atoms with Gasteiger partial charge in [-0.1, -0.05) is 33.3 Å². The van der Waals surface area contributed by atoms with E-state index in [1.54, 1.807) is 55.3 Å². The highest BCUT2D eigenvalue weighted by atomic mass is 79.9. The van der Waals surface area contributed by atoms with Gasteiger partial charge in [0.1, 0.15) is 11.5 Å². The quantitative estimate of drug-likeness (QED) is 0.196. The number of rotatable bonds is 7. The van der Waals surface area contributed by atoms with Crippen LogP contribution >= 0.6 is 39.0 Å². The molecule has 0 radical (unpaired) electrons. The van der Waals surface area contributed by atoms with Crippen LogP contribution in [-0.4, -0.2) is 41.7 Å². The summed E-state index contributed by atoms with van der Waals surface area (Å²) in [6, 6.07) is 16.5. The summed E-state index contributed by atoms with van der Waals surface area (Å²) in [6.07, 6.45) is -3.88. The van der Waals surface area contributed by atoms with Crippen molar-refractivity contribution in [1.82, 2.24) is 4.98 Å². The van der Waals surface area contributed by atoms with Gasteiger partial charge in [-0.2, -0.15) is 13.2 Å². The molecule has 258 valence electrons. The van der Waals surface area contributed by atoms with E-state index in [1.807, 2.05) is 6.07 Å². The van der Waals surface area contributed by atoms with Crippen LogP contribution in [0.1, 0.15) is 28.3 Å². The Hall–Kier alpha value is -4.08. The number of thiazole rings is 1. The average Bonchev–Trinajstić information content (AvgIpc) is 3.82. The van der Waals surface area contributed by atoms with Crippen molar-refractivity contribution in [3.63, 3.8) is 0 Å². The van der Waals surface area contributed by atoms with Crippen molar-refractivity contribution in [3.05, 3.63) is 96.9 Å². The molecule has 4 aromatic rings. The number of imide groups is 1. The largest absolute Gasteiger partial charge is 0.497 e. The fourth-order valence-corrected chi connectivity index (χ4v) is 11.6. The second-order valence-corrected chi connectivity index (χ2v) is 15.9. The zero-order chi connectivity index (χ0) is 35.1. The lowest BCUT2D eigenvalue weighted by Crippen LogP contribution is -2.42. The minimum Gasteiger partial charge on any atom is -0.497 e. The van der Waals surface area contributed by atoms with Crippen molar-refractivity contribution < 1.29 is 37.0 Å².